The van der Waals surface area contributed by atoms with Gasteiger partial charge in [-0.25, -0.2) is 8.78 Å². The minimum atomic E-state index is -1.16. The fourth-order valence-electron chi connectivity index (χ4n) is 2.27. The van der Waals surface area contributed by atoms with Gasteiger partial charge in [0.15, 0.2) is 11.6 Å². The number of benzene rings is 2. The number of nitrogens with one attached hydrogen (secondary N) is 1. The van der Waals surface area contributed by atoms with Crippen LogP contribution in [0.5, 0.6) is 5.75 Å². The molecule has 0 saturated carbocycles. The van der Waals surface area contributed by atoms with Crippen molar-refractivity contribution in [2.45, 2.75) is 25.4 Å². The SMILES string of the molecule is CC(O)(CNC(=O)CCCOc1ccc(F)cc1F)c1ccccc1. The Kier molecular flexibility index (Phi) is 6.47. The van der Waals surface area contributed by atoms with Crippen LogP contribution in [-0.4, -0.2) is 24.2 Å². The summed E-state index contributed by atoms with van der Waals surface area (Å²) in [4.78, 5) is 11.8. The third-order valence-corrected chi connectivity index (χ3v) is 3.73. The van der Waals surface area contributed by atoms with E-state index in [2.05, 4.69) is 5.32 Å². The number of carbonyl (C=O) groups excluding carboxylic acids is 1. The second-order valence-corrected chi connectivity index (χ2v) is 5.94. The van der Waals surface area contributed by atoms with Gasteiger partial charge in [-0.2, -0.15) is 0 Å². The molecule has 1 unspecified atom stereocenters. The van der Waals surface area contributed by atoms with Crippen molar-refractivity contribution in [1.29, 1.82) is 0 Å². The molecule has 4 nitrogen and oxygen atoms in total. The molecule has 0 fully saturated rings. The highest BCUT2D eigenvalue weighted by Gasteiger charge is 2.23. The molecular weight excluding hydrogens is 328 g/mol. The number of rotatable bonds is 8. The van der Waals surface area contributed by atoms with Gasteiger partial charge in [0.25, 0.3) is 0 Å². The van der Waals surface area contributed by atoms with Gasteiger partial charge in [0.05, 0.1) is 13.2 Å². The van der Waals surface area contributed by atoms with E-state index in [1.165, 1.54) is 6.07 Å². The van der Waals surface area contributed by atoms with Crippen molar-refractivity contribution in [1.82, 2.24) is 5.32 Å². The Morgan fingerprint density at radius 2 is 1.92 bits per heavy atom. The van der Waals surface area contributed by atoms with Crippen LogP contribution in [-0.2, 0) is 10.4 Å². The summed E-state index contributed by atoms with van der Waals surface area (Å²) in [7, 11) is 0. The van der Waals surface area contributed by atoms with Crippen molar-refractivity contribution in [2.75, 3.05) is 13.2 Å². The zero-order chi connectivity index (χ0) is 18.3. The van der Waals surface area contributed by atoms with E-state index in [1.807, 2.05) is 18.2 Å². The first-order valence-corrected chi connectivity index (χ1v) is 8.01. The van der Waals surface area contributed by atoms with Crippen molar-refractivity contribution in [3.8, 4) is 5.75 Å². The molecule has 2 rings (SSSR count). The normalized spacial score (nSPS) is 13.1. The summed E-state index contributed by atoms with van der Waals surface area (Å²) in [6, 6.07) is 12.1. The summed E-state index contributed by atoms with van der Waals surface area (Å²) in [5.74, 6) is -1.73. The van der Waals surface area contributed by atoms with Crippen molar-refractivity contribution < 1.29 is 23.4 Å². The van der Waals surface area contributed by atoms with Gasteiger partial charge in [-0.1, -0.05) is 30.3 Å². The van der Waals surface area contributed by atoms with Gasteiger partial charge in [-0.05, 0) is 31.0 Å². The fraction of sp³-hybridized carbons (Fsp3) is 0.316. The number of carbonyl (C=O) groups is 1. The summed E-state index contributed by atoms with van der Waals surface area (Å²) in [5.41, 5.74) is -0.449. The number of hydrogen-bond donors (Lipinski definition) is 2. The Bertz CT molecular complexity index is 705. The Morgan fingerprint density at radius 3 is 2.60 bits per heavy atom. The molecule has 134 valence electrons. The van der Waals surface area contributed by atoms with E-state index in [1.54, 1.807) is 19.1 Å². The molecule has 0 spiro atoms. The van der Waals surface area contributed by atoms with E-state index in [0.29, 0.717) is 12.0 Å². The van der Waals surface area contributed by atoms with Crippen LogP contribution >= 0.6 is 0 Å². The molecule has 2 N–H and O–H groups in total. The van der Waals surface area contributed by atoms with E-state index in [0.717, 1.165) is 12.1 Å². The summed E-state index contributed by atoms with van der Waals surface area (Å²) in [6.45, 7) is 1.84. The molecule has 6 heteroatoms. The molecule has 0 aliphatic carbocycles. The monoisotopic (exact) mass is 349 g/mol. The lowest BCUT2D eigenvalue weighted by atomic mass is 9.96. The Balaban J connectivity index is 1.70. The van der Waals surface area contributed by atoms with E-state index in [4.69, 9.17) is 4.74 Å². The standard InChI is InChI=1S/C19H21F2NO3/c1-19(24,14-6-3-2-4-7-14)13-22-18(23)8-5-11-25-17-10-9-15(20)12-16(17)21/h2-4,6-7,9-10,12,24H,5,8,11,13H2,1H3,(H,22,23). The molecule has 0 aliphatic rings. The quantitative estimate of drug-likeness (QED) is 0.720. The fourth-order valence-corrected chi connectivity index (χ4v) is 2.27. The first-order valence-electron chi connectivity index (χ1n) is 8.01. The third-order valence-electron chi connectivity index (χ3n) is 3.73. The molecule has 0 heterocycles. The topological polar surface area (TPSA) is 58.6 Å². The lowest BCUT2D eigenvalue weighted by molar-refractivity contribution is -0.122. The number of halogens is 2. The molecule has 2 aromatic carbocycles. The Morgan fingerprint density at radius 1 is 1.20 bits per heavy atom. The van der Waals surface area contributed by atoms with Crippen LogP contribution in [0.1, 0.15) is 25.3 Å². The molecule has 1 atom stereocenters. The highest BCUT2D eigenvalue weighted by Crippen LogP contribution is 2.19. The second-order valence-electron chi connectivity index (χ2n) is 5.94. The van der Waals surface area contributed by atoms with Crippen LogP contribution in [0, 0.1) is 11.6 Å². The smallest absolute Gasteiger partial charge is 0.220 e. The van der Waals surface area contributed by atoms with E-state index in [9.17, 15) is 18.7 Å². The van der Waals surface area contributed by atoms with Crippen LogP contribution in [0.2, 0.25) is 0 Å². The molecule has 0 saturated heterocycles. The summed E-state index contributed by atoms with van der Waals surface area (Å²) in [6.07, 6.45) is 0.545. The summed E-state index contributed by atoms with van der Waals surface area (Å²) >= 11 is 0. The molecule has 25 heavy (non-hydrogen) atoms. The maximum absolute atomic E-state index is 13.4. The lowest BCUT2D eigenvalue weighted by Gasteiger charge is -2.24. The number of amides is 1. The summed E-state index contributed by atoms with van der Waals surface area (Å²) < 4.78 is 31.3. The van der Waals surface area contributed by atoms with E-state index >= 15 is 0 Å². The Hall–Kier alpha value is -2.47. The minimum absolute atomic E-state index is 0.0474. The molecular formula is C19H21F2NO3. The van der Waals surface area contributed by atoms with Gasteiger partial charge >= 0.3 is 0 Å². The third kappa shape index (κ3) is 5.83. The molecule has 1 amide bonds. The highest BCUT2D eigenvalue weighted by atomic mass is 19.1. The zero-order valence-corrected chi connectivity index (χ0v) is 14.0. The second kappa shape index (κ2) is 8.58. The predicted molar refractivity (Wildman–Crippen MR) is 90.1 cm³/mol. The van der Waals surface area contributed by atoms with Crippen molar-refractivity contribution in [3.63, 3.8) is 0 Å². The van der Waals surface area contributed by atoms with Crippen LogP contribution in [0.4, 0.5) is 8.78 Å². The molecule has 0 radical (unpaired) electrons. The van der Waals surface area contributed by atoms with E-state index < -0.39 is 17.2 Å². The number of aliphatic hydroxyl groups is 1. The van der Waals surface area contributed by atoms with Gasteiger partial charge in [0.2, 0.25) is 5.91 Å². The van der Waals surface area contributed by atoms with Gasteiger partial charge in [-0.3, -0.25) is 4.79 Å². The van der Waals surface area contributed by atoms with Gasteiger partial charge in [-0.15, -0.1) is 0 Å². The first kappa shape index (κ1) is 18.9. The average Bonchev–Trinajstić information content (AvgIpc) is 2.59. The maximum atomic E-state index is 13.4. The number of hydrogen-bond acceptors (Lipinski definition) is 3. The molecule has 0 aromatic heterocycles. The molecule has 0 aliphatic heterocycles. The largest absolute Gasteiger partial charge is 0.491 e. The van der Waals surface area contributed by atoms with Crippen molar-refractivity contribution in [2.24, 2.45) is 0 Å². The average molecular weight is 349 g/mol. The highest BCUT2D eigenvalue weighted by molar-refractivity contribution is 5.75. The van der Waals surface area contributed by atoms with Crippen LogP contribution in [0.15, 0.2) is 48.5 Å². The first-order chi connectivity index (χ1) is 11.9. The lowest BCUT2D eigenvalue weighted by Crippen LogP contribution is -2.38. The molecule has 0 bridgehead atoms. The minimum Gasteiger partial charge on any atom is -0.491 e. The van der Waals surface area contributed by atoms with E-state index in [-0.39, 0.29) is 31.2 Å². The zero-order valence-electron chi connectivity index (χ0n) is 14.0. The number of ether oxygens (including phenoxy) is 1. The van der Waals surface area contributed by atoms with Crippen molar-refractivity contribution in [3.05, 3.63) is 65.7 Å². The van der Waals surface area contributed by atoms with Gasteiger partial charge in [0.1, 0.15) is 11.4 Å². The predicted octanol–water partition coefficient (Wildman–Crippen LogP) is 3.15. The Labute approximate surface area is 145 Å². The van der Waals surface area contributed by atoms with Gasteiger partial charge in [0, 0.05) is 12.5 Å². The molecule has 2 aromatic rings. The van der Waals surface area contributed by atoms with Crippen LogP contribution < -0.4 is 10.1 Å². The summed E-state index contributed by atoms with van der Waals surface area (Å²) in [5, 5.41) is 13.1. The van der Waals surface area contributed by atoms with Crippen LogP contribution in [0.3, 0.4) is 0 Å². The van der Waals surface area contributed by atoms with Crippen LogP contribution in [0.25, 0.3) is 0 Å². The maximum Gasteiger partial charge on any atom is 0.220 e. The van der Waals surface area contributed by atoms with Crippen molar-refractivity contribution >= 4 is 5.91 Å². The van der Waals surface area contributed by atoms with Gasteiger partial charge < -0.3 is 15.2 Å².